The topological polar surface area (TPSA) is 73.1 Å². The van der Waals surface area contributed by atoms with Crippen LogP contribution in [0.1, 0.15) is 12.8 Å². The highest BCUT2D eigenvalue weighted by atomic mass is 16.5. The van der Waals surface area contributed by atoms with Crippen molar-refractivity contribution in [2.75, 3.05) is 18.5 Å². The third-order valence-corrected chi connectivity index (χ3v) is 5.01. The summed E-state index contributed by atoms with van der Waals surface area (Å²) >= 11 is 0. The molecule has 0 saturated carbocycles. The lowest BCUT2D eigenvalue weighted by Crippen LogP contribution is -2.19. The van der Waals surface area contributed by atoms with Crippen LogP contribution >= 0.6 is 0 Å². The van der Waals surface area contributed by atoms with Crippen LogP contribution in [0.2, 0.25) is 0 Å². The molecule has 4 aromatic rings. The highest BCUT2D eigenvalue weighted by Gasteiger charge is 2.23. The van der Waals surface area contributed by atoms with Crippen LogP contribution in [0.25, 0.3) is 33.6 Å². The summed E-state index contributed by atoms with van der Waals surface area (Å²) in [6, 6.07) is 14.1. The number of anilines is 1. The number of nitrogens with one attached hydrogen (secondary N) is 1. The lowest BCUT2D eigenvalue weighted by atomic mass is 10.00. The van der Waals surface area contributed by atoms with Crippen molar-refractivity contribution in [2.24, 2.45) is 0 Å². The zero-order chi connectivity index (χ0) is 18.8. The molecular formula is C22H20N4O2. The van der Waals surface area contributed by atoms with Crippen LogP contribution in [0.15, 0.2) is 65.6 Å². The molecular weight excluding hydrogens is 352 g/mol. The molecule has 1 saturated heterocycles. The number of fused-ring (bicyclic) bond motifs is 1. The van der Waals surface area contributed by atoms with Gasteiger partial charge in [0.1, 0.15) is 17.9 Å². The van der Waals surface area contributed by atoms with Gasteiger partial charge in [-0.25, -0.2) is 9.97 Å². The lowest BCUT2D eigenvalue weighted by Gasteiger charge is -2.12. The zero-order valence-corrected chi connectivity index (χ0v) is 15.3. The van der Waals surface area contributed by atoms with Gasteiger partial charge < -0.3 is 14.5 Å². The van der Waals surface area contributed by atoms with Crippen molar-refractivity contribution in [2.45, 2.75) is 18.9 Å². The van der Waals surface area contributed by atoms with Gasteiger partial charge in [0, 0.05) is 36.7 Å². The van der Waals surface area contributed by atoms with Crippen LogP contribution in [0.4, 0.5) is 5.82 Å². The number of hydrogen-bond acceptors (Lipinski definition) is 6. The Morgan fingerprint density at radius 3 is 2.64 bits per heavy atom. The molecule has 140 valence electrons. The molecule has 0 amide bonds. The maximum Gasteiger partial charge on any atom is 0.232 e. The van der Waals surface area contributed by atoms with Crippen molar-refractivity contribution in [1.82, 2.24) is 15.0 Å². The predicted molar refractivity (Wildman–Crippen MR) is 108 cm³/mol. The second-order valence-electron chi connectivity index (χ2n) is 6.83. The van der Waals surface area contributed by atoms with Crippen LogP contribution < -0.4 is 5.32 Å². The second kappa shape index (κ2) is 7.40. The number of aromatic nitrogens is 3. The Morgan fingerprint density at radius 1 is 1.00 bits per heavy atom. The highest BCUT2D eigenvalue weighted by Crippen LogP contribution is 2.42. The van der Waals surface area contributed by atoms with Gasteiger partial charge in [-0.2, -0.15) is 0 Å². The first-order valence-corrected chi connectivity index (χ1v) is 9.49. The SMILES string of the molecule is c1ccc(-c2c(-c3ccncc3)oc3ncnc(NC[C@@H]4CCCO4)c23)cc1. The number of benzene rings is 1. The molecule has 1 atom stereocenters. The molecule has 5 rings (SSSR count). The largest absolute Gasteiger partial charge is 0.437 e. The van der Waals surface area contributed by atoms with Gasteiger partial charge in [-0.1, -0.05) is 30.3 Å². The molecule has 1 fully saturated rings. The number of ether oxygens (including phenoxy) is 1. The van der Waals surface area contributed by atoms with Crippen molar-refractivity contribution in [3.8, 4) is 22.5 Å². The molecule has 0 bridgehead atoms. The van der Waals surface area contributed by atoms with E-state index in [1.807, 2.05) is 30.3 Å². The predicted octanol–water partition coefficient (Wildman–Crippen LogP) is 4.54. The molecule has 1 N–H and O–H groups in total. The third-order valence-electron chi connectivity index (χ3n) is 5.01. The number of hydrogen-bond donors (Lipinski definition) is 1. The minimum atomic E-state index is 0.219. The fraction of sp³-hybridized carbons (Fsp3) is 0.227. The first-order chi connectivity index (χ1) is 13.9. The fourth-order valence-electron chi connectivity index (χ4n) is 3.67. The summed E-state index contributed by atoms with van der Waals surface area (Å²) in [6.45, 7) is 1.55. The maximum atomic E-state index is 6.20. The number of nitrogens with zero attached hydrogens (tertiary/aromatic N) is 3. The van der Waals surface area contributed by atoms with Gasteiger partial charge in [0.25, 0.3) is 0 Å². The molecule has 3 aromatic heterocycles. The third kappa shape index (κ3) is 3.12. The summed E-state index contributed by atoms with van der Waals surface area (Å²) in [5.41, 5.74) is 3.56. The van der Waals surface area contributed by atoms with Crippen molar-refractivity contribution < 1.29 is 9.15 Å². The summed E-state index contributed by atoms with van der Waals surface area (Å²) < 4.78 is 11.9. The van der Waals surface area contributed by atoms with Gasteiger partial charge in [-0.3, -0.25) is 4.98 Å². The average molecular weight is 372 g/mol. The summed E-state index contributed by atoms with van der Waals surface area (Å²) in [7, 11) is 0. The van der Waals surface area contributed by atoms with Crippen LogP contribution in [0.5, 0.6) is 0 Å². The average Bonchev–Trinajstić information content (AvgIpc) is 3.41. The molecule has 0 unspecified atom stereocenters. The molecule has 0 spiro atoms. The van der Waals surface area contributed by atoms with E-state index in [2.05, 4.69) is 32.4 Å². The van der Waals surface area contributed by atoms with Crippen molar-refractivity contribution in [3.63, 3.8) is 0 Å². The van der Waals surface area contributed by atoms with E-state index in [-0.39, 0.29) is 6.10 Å². The van der Waals surface area contributed by atoms with Crippen molar-refractivity contribution in [3.05, 3.63) is 61.2 Å². The van der Waals surface area contributed by atoms with Crippen LogP contribution in [0.3, 0.4) is 0 Å². The Morgan fingerprint density at radius 2 is 1.86 bits per heavy atom. The summed E-state index contributed by atoms with van der Waals surface area (Å²) in [5, 5.41) is 4.34. The summed E-state index contributed by atoms with van der Waals surface area (Å²) in [5.74, 6) is 1.53. The summed E-state index contributed by atoms with van der Waals surface area (Å²) in [4.78, 5) is 13.0. The van der Waals surface area contributed by atoms with E-state index in [1.54, 1.807) is 12.4 Å². The lowest BCUT2D eigenvalue weighted by molar-refractivity contribution is 0.120. The van der Waals surface area contributed by atoms with E-state index in [4.69, 9.17) is 9.15 Å². The zero-order valence-electron chi connectivity index (χ0n) is 15.3. The number of furan rings is 1. The fourth-order valence-corrected chi connectivity index (χ4v) is 3.67. The molecule has 6 heteroatoms. The number of rotatable bonds is 5. The van der Waals surface area contributed by atoms with Gasteiger partial charge in [0.05, 0.1) is 11.5 Å². The van der Waals surface area contributed by atoms with E-state index in [9.17, 15) is 0 Å². The molecule has 28 heavy (non-hydrogen) atoms. The first kappa shape index (κ1) is 16.9. The van der Waals surface area contributed by atoms with Crippen LogP contribution in [-0.4, -0.2) is 34.2 Å². The second-order valence-corrected chi connectivity index (χ2v) is 6.83. The smallest absolute Gasteiger partial charge is 0.232 e. The molecule has 1 aliphatic heterocycles. The molecule has 1 aromatic carbocycles. The minimum absolute atomic E-state index is 0.219. The number of pyridine rings is 1. The van der Waals surface area contributed by atoms with Crippen LogP contribution in [-0.2, 0) is 4.74 Å². The van der Waals surface area contributed by atoms with E-state index < -0.39 is 0 Å². The van der Waals surface area contributed by atoms with E-state index in [0.29, 0.717) is 5.71 Å². The first-order valence-electron chi connectivity index (χ1n) is 9.49. The highest BCUT2D eigenvalue weighted by molar-refractivity contribution is 6.05. The Balaban J connectivity index is 1.67. The monoisotopic (exact) mass is 372 g/mol. The van der Waals surface area contributed by atoms with E-state index in [1.165, 1.54) is 6.33 Å². The van der Waals surface area contributed by atoms with Crippen molar-refractivity contribution >= 4 is 16.9 Å². The van der Waals surface area contributed by atoms with Gasteiger partial charge in [0.2, 0.25) is 5.71 Å². The van der Waals surface area contributed by atoms with E-state index >= 15 is 0 Å². The molecule has 6 nitrogen and oxygen atoms in total. The molecule has 4 heterocycles. The molecule has 1 aliphatic rings. The Labute approximate surface area is 162 Å². The normalized spacial score (nSPS) is 16.5. The van der Waals surface area contributed by atoms with Gasteiger partial charge >= 0.3 is 0 Å². The van der Waals surface area contributed by atoms with Gasteiger partial charge in [0.15, 0.2) is 0 Å². The summed E-state index contributed by atoms with van der Waals surface area (Å²) in [6.07, 6.45) is 7.46. The molecule has 0 radical (unpaired) electrons. The quantitative estimate of drug-likeness (QED) is 0.554. The molecule has 0 aliphatic carbocycles. The Kier molecular flexibility index (Phi) is 4.47. The van der Waals surface area contributed by atoms with Crippen molar-refractivity contribution in [1.29, 1.82) is 0 Å². The van der Waals surface area contributed by atoms with E-state index in [0.717, 1.165) is 59.6 Å². The van der Waals surface area contributed by atoms with Gasteiger partial charge in [-0.15, -0.1) is 0 Å². The maximum absolute atomic E-state index is 6.20. The van der Waals surface area contributed by atoms with Gasteiger partial charge in [-0.05, 0) is 30.5 Å². The minimum Gasteiger partial charge on any atom is -0.437 e. The Hall–Kier alpha value is -3.25. The Bertz CT molecular complexity index is 1070. The van der Waals surface area contributed by atoms with Crippen LogP contribution in [0, 0.1) is 0 Å². The standard InChI is InChI=1S/C22H20N4O2/c1-2-5-15(6-3-1)18-19-21(24-13-17-7-4-12-27-17)25-14-26-22(19)28-20(18)16-8-10-23-11-9-16/h1-3,5-6,8-11,14,17H,4,7,12-13H2,(H,24,25,26)/t17-/m0/s1.